The van der Waals surface area contributed by atoms with Crippen molar-refractivity contribution in [3.05, 3.63) is 23.8 Å². The summed E-state index contributed by atoms with van der Waals surface area (Å²) >= 11 is 0. The fraction of sp³-hybridized carbons (Fsp3) is 0.571. The molecule has 1 aliphatic rings. The SMILES string of the molecule is Cc1ccc(N)cc1NCC1(C)CCOCC1. The summed E-state index contributed by atoms with van der Waals surface area (Å²) in [5.74, 6) is 0. The third kappa shape index (κ3) is 3.13. The Bertz CT molecular complexity index is 384. The lowest BCUT2D eigenvalue weighted by Crippen LogP contribution is -2.33. The molecule has 1 heterocycles. The fourth-order valence-electron chi connectivity index (χ4n) is 2.18. The van der Waals surface area contributed by atoms with Gasteiger partial charge in [0.2, 0.25) is 0 Å². The van der Waals surface area contributed by atoms with E-state index in [1.807, 2.05) is 12.1 Å². The second-order valence-electron chi connectivity index (χ2n) is 5.35. The third-order valence-corrected chi connectivity index (χ3v) is 3.67. The topological polar surface area (TPSA) is 47.3 Å². The minimum atomic E-state index is 0.343. The van der Waals surface area contributed by atoms with E-state index in [1.165, 1.54) is 5.56 Å². The molecule has 0 amide bonds. The molecule has 3 nitrogen and oxygen atoms in total. The van der Waals surface area contributed by atoms with Crippen molar-refractivity contribution in [3.8, 4) is 0 Å². The van der Waals surface area contributed by atoms with Crippen molar-refractivity contribution in [3.63, 3.8) is 0 Å². The molecule has 3 N–H and O–H groups in total. The highest BCUT2D eigenvalue weighted by Crippen LogP contribution is 2.30. The molecule has 1 fully saturated rings. The van der Waals surface area contributed by atoms with Gasteiger partial charge < -0.3 is 15.8 Å². The minimum Gasteiger partial charge on any atom is -0.399 e. The van der Waals surface area contributed by atoms with Crippen LogP contribution >= 0.6 is 0 Å². The van der Waals surface area contributed by atoms with E-state index in [1.54, 1.807) is 0 Å². The Morgan fingerprint density at radius 1 is 1.35 bits per heavy atom. The Balaban J connectivity index is 1.99. The predicted octanol–water partition coefficient (Wildman–Crippen LogP) is 2.81. The van der Waals surface area contributed by atoms with Crippen LogP contribution < -0.4 is 11.1 Å². The Morgan fingerprint density at radius 3 is 2.76 bits per heavy atom. The van der Waals surface area contributed by atoms with Crippen molar-refractivity contribution in [2.24, 2.45) is 5.41 Å². The van der Waals surface area contributed by atoms with Gasteiger partial charge in [0.05, 0.1) is 0 Å². The first-order chi connectivity index (χ1) is 8.09. The predicted molar refractivity (Wildman–Crippen MR) is 72.2 cm³/mol. The normalized spacial score (nSPS) is 18.9. The van der Waals surface area contributed by atoms with Gasteiger partial charge in [-0.1, -0.05) is 13.0 Å². The summed E-state index contributed by atoms with van der Waals surface area (Å²) in [7, 11) is 0. The molecule has 17 heavy (non-hydrogen) atoms. The summed E-state index contributed by atoms with van der Waals surface area (Å²) in [6.07, 6.45) is 2.25. The fourth-order valence-corrected chi connectivity index (χ4v) is 2.18. The molecule has 0 bridgehead atoms. The summed E-state index contributed by atoms with van der Waals surface area (Å²) in [5, 5.41) is 3.53. The lowest BCUT2D eigenvalue weighted by atomic mass is 9.82. The van der Waals surface area contributed by atoms with E-state index < -0.39 is 0 Å². The van der Waals surface area contributed by atoms with Crippen LogP contribution in [-0.2, 0) is 4.74 Å². The minimum absolute atomic E-state index is 0.343. The summed E-state index contributed by atoms with van der Waals surface area (Å²) in [6.45, 7) is 7.18. The van der Waals surface area contributed by atoms with Crippen LogP contribution in [0.5, 0.6) is 0 Å². The Kier molecular flexibility index (Phi) is 3.57. The van der Waals surface area contributed by atoms with Gasteiger partial charge in [-0.3, -0.25) is 0 Å². The molecular formula is C14H22N2O. The van der Waals surface area contributed by atoms with Gasteiger partial charge >= 0.3 is 0 Å². The molecule has 0 aromatic heterocycles. The van der Waals surface area contributed by atoms with Crippen molar-refractivity contribution < 1.29 is 4.74 Å². The summed E-state index contributed by atoms with van der Waals surface area (Å²) in [5.41, 5.74) is 9.36. The van der Waals surface area contributed by atoms with Gasteiger partial charge in [-0.2, -0.15) is 0 Å². The quantitative estimate of drug-likeness (QED) is 0.791. The lowest BCUT2D eigenvalue weighted by Gasteiger charge is -2.34. The maximum atomic E-state index is 5.81. The Morgan fingerprint density at radius 2 is 2.06 bits per heavy atom. The Hall–Kier alpha value is -1.22. The third-order valence-electron chi connectivity index (χ3n) is 3.67. The Labute approximate surface area is 103 Å². The number of ether oxygens (including phenoxy) is 1. The number of nitrogen functional groups attached to an aromatic ring is 1. The molecule has 1 aliphatic heterocycles. The van der Waals surface area contributed by atoms with E-state index >= 15 is 0 Å². The zero-order valence-electron chi connectivity index (χ0n) is 10.8. The molecule has 1 aromatic rings. The second kappa shape index (κ2) is 4.96. The summed E-state index contributed by atoms with van der Waals surface area (Å²) in [6, 6.07) is 6.01. The zero-order valence-corrected chi connectivity index (χ0v) is 10.8. The monoisotopic (exact) mass is 234 g/mol. The standard InChI is InChI=1S/C14H22N2O/c1-11-3-4-12(15)9-13(11)16-10-14(2)5-7-17-8-6-14/h3-4,9,16H,5-8,10,15H2,1-2H3. The average Bonchev–Trinajstić information content (AvgIpc) is 2.31. The zero-order chi connectivity index (χ0) is 12.3. The van der Waals surface area contributed by atoms with Gasteiger partial charge in [0.1, 0.15) is 0 Å². The summed E-state index contributed by atoms with van der Waals surface area (Å²) < 4.78 is 5.41. The van der Waals surface area contributed by atoms with Crippen LogP contribution in [0.25, 0.3) is 0 Å². The van der Waals surface area contributed by atoms with Gasteiger partial charge in [0.25, 0.3) is 0 Å². The van der Waals surface area contributed by atoms with Gasteiger partial charge in [-0.05, 0) is 42.9 Å². The van der Waals surface area contributed by atoms with Gasteiger partial charge in [-0.15, -0.1) is 0 Å². The number of nitrogens with two attached hydrogens (primary N) is 1. The molecule has 2 rings (SSSR count). The molecule has 94 valence electrons. The first-order valence-corrected chi connectivity index (χ1v) is 6.27. The smallest absolute Gasteiger partial charge is 0.0471 e. The van der Waals surface area contributed by atoms with E-state index in [4.69, 9.17) is 10.5 Å². The number of aryl methyl sites for hydroxylation is 1. The largest absolute Gasteiger partial charge is 0.399 e. The van der Waals surface area contributed by atoms with Crippen molar-refractivity contribution >= 4 is 11.4 Å². The highest BCUT2D eigenvalue weighted by molar-refractivity contribution is 5.59. The second-order valence-corrected chi connectivity index (χ2v) is 5.35. The highest BCUT2D eigenvalue weighted by atomic mass is 16.5. The maximum absolute atomic E-state index is 5.81. The number of anilines is 2. The van der Waals surface area contributed by atoms with Crippen LogP contribution in [-0.4, -0.2) is 19.8 Å². The molecule has 1 saturated heterocycles. The van der Waals surface area contributed by atoms with Gasteiger partial charge in [0, 0.05) is 31.1 Å². The highest BCUT2D eigenvalue weighted by Gasteiger charge is 2.27. The molecule has 0 spiro atoms. The first kappa shape index (κ1) is 12.2. The van der Waals surface area contributed by atoms with E-state index in [0.717, 1.165) is 44.0 Å². The van der Waals surface area contributed by atoms with E-state index in [2.05, 4.69) is 25.2 Å². The molecule has 1 aromatic carbocycles. The molecule has 0 aliphatic carbocycles. The van der Waals surface area contributed by atoms with Crippen LogP contribution in [0.4, 0.5) is 11.4 Å². The molecule has 0 saturated carbocycles. The van der Waals surface area contributed by atoms with Crippen LogP contribution in [0.1, 0.15) is 25.3 Å². The number of nitrogens with one attached hydrogen (secondary N) is 1. The lowest BCUT2D eigenvalue weighted by molar-refractivity contribution is 0.0300. The first-order valence-electron chi connectivity index (χ1n) is 6.27. The van der Waals surface area contributed by atoms with Crippen LogP contribution in [0.2, 0.25) is 0 Å². The number of hydrogen-bond acceptors (Lipinski definition) is 3. The molecular weight excluding hydrogens is 212 g/mol. The average molecular weight is 234 g/mol. The summed E-state index contributed by atoms with van der Waals surface area (Å²) in [4.78, 5) is 0. The maximum Gasteiger partial charge on any atom is 0.0471 e. The number of hydrogen-bond donors (Lipinski definition) is 2. The van der Waals surface area contributed by atoms with Crippen LogP contribution in [0, 0.1) is 12.3 Å². The van der Waals surface area contributed by atoms with Crippen LogP contribution in [0.3, 0.4) is 0 Å². The molecule has 0 radical (unpaired) electrons. The van der Waals surface area contributed by atoms with E-state index in [9.17, 15) is 0 Å². The van der Waals surface area contributed by atoms with Crippen molar-refractivity contribution in [1.29, 1.82) is 0 Å². The van der Waals surface area contributed by atoms with Crippen LogP contribution in [0.15, 0.2) is 18.2 Å². The van der Waals surface area contributed by atoms with Crippen molar-refractivity contribution in [2.45, 2.75) is 26.7 Å². The van der Waals surface area contributed by atoms with E-state index in [-0.39, 0.29) is 0 Å². The van der Waals surface area contributed by atoms with Crippen molar-refractivity contribution in [1.82, 2.24) is 0 Å². The van der Waals surface area contributed by atoms with E-state index in [0.29, 0.717) is 5.41 Å². The number of rotatable bonds is 3. The van der Waals surface area contributed by atoms with Crippen molar-refractivity contribution in [2.75, 3.05) is 30.8 Å². The molecule has 0 unspecified atom stereocenters. The van der Waals surface area contributed by atoms with Gasteiger partial charge in [-0.25, -0.2) is 0 Å². The molecule has 3 heteroatoms. The van der Waals surface area contributed by atoms with Gasteiger partial charge in [0.15, 0.2) is 0 Å². The number of benzene rings is 1. The molecule has 0 atom stereocenters.